The molecule has 0 unspecified atom stereocenters. The fraction of sp³-hybridized carbons (Fsp3) is 0.909. The van der Waals surface area contributed by atoms with Gasteiger partial charge in [-0.05, 0) is 20.8 Å². The van der Waals surface area contributed by atoms with E-state index in [2.05, 4.69) is 29.5 Å². The molecule has 0 radical (unpaired) electrons. The Balaban J connectivity index is 0. The molecule has 2 N–H and O–H groups in total. The van der Waals surface area contributed by atoms with Gasteiger partial charge in [-0.25, -0.2) is 0 Å². The van der Waals surface area contributed by atoms with Crippen LogP contribution in [0.1, 0.15) is 20.8 Å². The number of hydrogen-bond donors (Lipinski definition) is 2. The van der Waals surface area contributed by atoms with Crippen molar-refractivity contribution in [2.45, 2.75) is 26.8 Å². The molecule has 17 heavy (non-hydrogen) atoms. The van der Waals surface area contributed by atoms with Crippen LogP contribution in [0.25, 0.3) is 0 Å². The zero-order valence-electron chi connectivity index (χ0n) is 11.3. The first kappa shape index (κ1) is 19.3. The van der Waals surface area contributed by atoms with Crippen molar-refractivity contribution in [3.8, 4) is 0 Å². The predicted octanol–water partition coefficient (Wildman–Crippen LogP) is 1.23. The number of ether oxygens (including phenoxy) is 2. The van der Waals surface area contributed by atoms with Crippen molar-refractivity contribution in [3.63, 3.8) is 0 Å². The van der Waals surface area contributed by atoms with Gasteiger partial charge in [-0.1, -0.05) is 0 Å². The maximum absolute atomic E-state index is 5.32. The van der Waals surface area contributed by atoms with Crippen molar-refractivity contribution < 1.29 is 9.47 Å². The second kappa shape index (κ2) is 14.0. The van der Waals surface area contributed by atoms with Gasteiger partial charge in [0, 0.05) is 19.7 Å². The lowest BCUT2D eigenvalue weighted by Crippen LogP contribution is -2.41. The number of nitrogens with zero attached hydrogens (tertiary/aromatic N) is 1. The number of methoxy groups -OCH3 is 1. The third-order valence-electron chi connectivity index (χ3n) is 1.71. The Bertz CT molecular complexity index is 190. The predicted molar refractivity (Wildman–Crippen MR) is 82.4 cm³/mol. The first-order valence-electron chi connectivity index (χ1n) is 5.82. The van der Waals surface area contributed by atoms with Gasteiger partial charge in [-0.15, -0.1) is 24.0 Å². The molecule has 0 aromatic heterocycles. The number of guanidine groups is 1. The van der Waals surface area contributed by atoms with E-state index in [9.17, 15) is 0 Å². The molecule has 0 rings (SSSR count). The Hall–Kier alpha value is -0.0800. The van der Waals surface area contributed by atoms with E-state index in [1.54, 1.807) is 7.11 Å². The average Bonchev–Trinajstić information content (AvgIpc) is 2.22. The molecule has 0 saturated heterocycles. The molecule has 0 aliphatic heterocycles. The zero-order valence-corrected chi connectivity index (χ0v) is 13.6. The molecule has 0 aliphatic rings. The number of halogens is 1. The smallest absolute Gasteiger partial charge is 0.191 e. The number of nitrogens with one attached hydrogen (secondary N) is 2. The van der Waals surface area contributed by atoms with E-state index in [0.29, 0.717) is 32.4 Å². The number of rotatable bonds is 8. The van der Waals surface area contributed by atoms with Crippen LogP contribution in [0.3, 0.4) is 0 Å². The molecule has 0 bridgehead atoms. The molecule has 0 saturated carbocycles. The van der Waals surface area contributed by atoms with Crippen LogP contribution in [0.15, 0.2) is 4.99 Å². The van der Waals surface area contributed by atoms with E-state index in [-0.39, 0.29) is 24.0 Å². The van der Waals surface area contributed by atoms with E-state index >= 15 is 0 Å². The van der Waals surface area contributed by atoms with Crippen LogP contribution in [0.5, 0.6) is 0 Å². The fourth-order valence-corrected chi connectivity index (χ4v) is 1.06. The van der Waals surface area contributed by atoms with E-state index < -0.39 is 0 Å². The summed E-state index contributed by atoms with van der Waals surface area (Å²) in [5.74, 6) is 0.841. The molecule has 5 nitrogen and oxygen atoms in total. The SMILES string of the molecule is CCNC(=NCCOCCOC)NC(C)C.I. The number of aliphatic imine (C=N–C) groups is 1. The average molecular weight is 359 g/mol. The molecule has 0 fully saturated rings. The Morgan fingerprint density at radius 3 is 2.47 bits per heavy atom. The maximum Gasteiger partial charge on any atom is 0.191 e. The second-order valence-electron chi connectivity index (χ2n) is 3.66. The fourth-order valence-electron chi connectivity index (χ4n) is 1.06. The monoisotopic (exact) mass is 359 g/mol. The lowest BCUT2D eigenvalue weighted by atomic mass is 10.4. The van der Waals surface area contributed by atoms with Gasteiger partial charge in [0.2, 0.25) is 0 Å². The summed E-state index contributed by atoms with van der Waals surface area (Å²) in [7, 11) is 1.66. The van der Waals surface area contributed by atoms with Gasteiger partial charge in [0.1, 0.15) is 0 Å². The molecule has 0 aromatic carbocycles. The van der Waals surface area contributed by atoms with Gasteiger partial charge < -0.3 is 20.1 Å². The third-order valence-corrected chi connectivity index (χ3v) is 1.71. The van der Waals surface area contributed by atoms with Crippen LogP contribution in [-0.2, 0) is 9.47 Å². The van der Waals surface area contributed by atoms with Gasteiger partial charge >= 0.3 is 0 Å². The third kappa shape index (κ3) is 13.9. The van der Waals surface area contributed by atoms with E-state index in [1.165, 1.54) is 0 Å². The molecular formula is C11H26IN3O2. The maximum atomic E-state index is 5.32. The van der Waals surface area contributed by atoms with Crippen LogP contribution in [-0.4, -0.2) is 52.0 Å². The summed E-state index contributed by atoms with van der Waals surface area (Å²) in [6.45, 7) is 9.62. The van der Waals surface area contributed by atoms with E-state index in [4.69, 9.17) is 9.47 Å². The largest absolute Gasteiger partial charge is 0.382 e. The highest BCUT2D eigenvalue weighted by Crippen LogP contribution is 1.81. The molecule has 0 aromatic rings. The lowest BCUT2D eigenvalue weighted by Gasteiger charge is -2.13. The lowest BCUT2D eigenvalue weighted by molar-refractivity contribution is 0.0748. The highest BCUT2D eigenvalue weighted by Gasteiger charge is 1.98. The molecule has 0 amide bonds. The summed E-state index contributed by atoms with van der Waals surface area (Å²) < 4.78 is 10.2. The summed E-state index contributed by atoms with van der Waals surface area (Å²) in [4.78, 5) is 4.38. The van der Waals surface area contributed by atoms with Crippen molar-refractivity contribution in [2.24, 2.45) is 4.99 Å². The Labute approximate surface area is 122 Å². The van der Waals surface area contributed by atoms with Crippen LogP contribution in [0.2, 0.25) is 0 Å². The standard InChI is InChI=1S/C11H25N3O2.HI/c1-5-12-11(14-10(2)3)13-6-7-16-9-8-15-4;/h10H,5-9H2,1-4H3,(H2,12,13,14);1H. The first-order valence-corrected chi connectivity index (χ1v) is 5.82. The van der Waals surface area contributed by atoms with Crippen molar-refractivity contribution in [1.29, 1.82) is 0 Å². The van der Waals surface area contributed by atoms with Gasteiger partial charge in [0.15, 0.2) is 5.96 Å². The minimum Gasteiger partial charge on any atom is -0.382 e. The topological polar surface area (TPSA) is 54.9 Å². The van der Waals surface area contributed by atoms with Gasteiger partial charge in [-0.2, -0.15) is 0 Å². The minimum absolute atomic E-state index is 0. The molecule has 104 valence electrons. The van der Waals surface area contributed by atoms with Gasteiger partial charge in [0.25, 0.3) is 0 Å². The second-order valence-corrected chi connectivity index (χ2v) is 3.66. The highest BCUT2D eigenvalue weighted by molar-refractivity contribution is 14.0. The van der Waals surface area contributed by atoms with Gasteiger partial charge in [-0.3, -0.25) is 4.99 Å². The van der Waals surface area contributed by atoms with E-state index in [1.807, 2.05) is 6.92 Å². The molecule has 0 aliphatic carbocycles. The Kier molecular flexibility index (Phi) is 15.8. The summed E-state index contributed by atoms with van der Waals surface area (Å²) in [5, 5.41) is 6.42. The molecular weight excluding hydrogens is 333 g/mol. The Morgan fingerprint density at radius 2 is 1.94 bits per heavy atom. The summed E-state index contributed by atoms with van der Waals surface area (Å²) in [5.41, 5.74) is 0. The zero-order chi connectivity index (χ0) is 12.2. The first-order chi connectivity index (χ1) is 7.70. The van der Waals surface area contributed by atoms with Crippen molar-refractivity contribution in [3.05, 3.63) is 0 Å². The van der Waals surface area contributed by atoms with Crippen LogP contribution < -0.4 is 10.6 Å². The van der Waals surface area contributed by atoms with Crippen LogP contribution in [0.4, 0.5) is 0 Å². The number of hydrogen-bond acceptors (Lipinski definition) is 3. The normalized spacial score (nSPS) is 11.2. The van der Waals surface area contributed by atoms with Crippen LogP contribution in [0, 0.1) is 0 Å². The highest BCUT2D eigenvalue weighted by atomic mass is 127. The van der Waals surface area contributed by atoms with Crippen molar-refractivity contribution in [2.75, 3.05) is 40.0 Å². The van der Waals surface area contributed by atoms with E-state index in [0.717, 1.165) is 12.5 Å². The summed E-state index contributed by atoms with van der Waals surface area (Å²) in [6.07, 6.45) is 0. The minimum atomic E-state index is 0. The quantitative estimate of drug-likeness (QED) is 0.296. The van der Waals surface area contributed by atoms with Gasteiger partial charge in [0.05, 0.1) is 26.4 Å². The summed E-state index contributed by atoms with van der Waals surface area (Å²) >= 11 is 0. The van der Waals surface area contributed by atoms with Crippen LogP contribution >= 0.6 is 24.0 Å². The van der Waals surface area contributed by atoms with Crippen molar-refractivity contribution in [1.82, 2.24) is 10.6 Å². The molecule has 6 heteroatoms. The molecule has 0 spiro atoms. The molecule has 0 atom stereocenters. The molecule has 0 heterocycles. The Morgan fingerprint density at radius 1 is 1.24 bits per heavy atom. The van der Waals surface area contributed by atoms with Crippen molar-refractivity contribution >= 4 is 29.9 Å². The summed E-state index contributed by atoms with van der Waals surface area (Å²) in [6, 6.07) is 0.382.